The van der Waals surface area contributed by atoms with Gasteiger partial charge in [0.05, 0.1) is 16.9 Å². The molecule has 6 heteroatoms. The van der Waals surface area contributed by atoms with Crippen LogP contribution < -0.4 is 10.6 Å². The maximum absolute atomic E-state index is 12.3. The second-order valence-electron chi connectivity index (χ2n) is 5.88. The lowest BCUT2D eigenvalue weighted by Gasteiger charge is -2.12. The van der Waals surface area contributed by atoms with E-state index in [-0.39, 0.29) is 18.2 Å². The second-order valence-corrected chi connectivity index (χ2v) is 6.29. The number of aryl methyl sites for hydroxylation is 1. The van der Waals surface area contributed by atoms with E-state index in [1.54, 1.807) is 48.7 Å². The van der Waals surface area contributed by atoms with Crippen molar-refractivity contribution in [2.24, 2.45) is 0 Å². The Balaban J connectivity index is 1.64. The molecule has 3 aromatic rings. The van der Waals surface area contributed by atoms with Crippen LogP contribution in [0.1, 0.15) is 22.3 Å². The molecule has 1 aromatic heterocycles. The average Bonchev–Trinajstić information content (AvgIpc) is 2.69. The van der Waals surface area contributed by atoms with E-state index in [0.717, 1.165) is 5.56 Å². The number of aromatic nitrogens is 1. The van der Waals surface area contributed by atoms with Gasteiger partial charge in [-0.1, -0.05) is 41.9 Å². The SMILES string of the molecule is O=C(CCc1ccccc1Cl)Nc1ccccc1NC(=O)c1cccnc1. The summed E-state index contributed by atoms with van der Waals surface area (Å²) >= 11 is 6.12. The summed E-state index contributed by atoms with van der Waals surface area (Å²) in [4.78, 5) is 28.6. The van der Waals surface area contributed by atoms with Gasteiger partial charge in [-0.3, -0.25) is 14.6 Å². The molecule has 0 radical (unpaired) electrons. The van der Waals surface area contributed by atoms with Crippen LogP contribution in [0.15, 0.2) is 73.1 Å². The Morgan fingerprint density at radius 1 is 0.889 bits per heavy atom. The molecule has 136 valence electrons. The maximum Gasteiger partial charge on any atom is 0.257 e. The molecule has 0 unspecified atom stereocenters. The highest BCUT2D eigenvalue weighted by atomic mass is 35.5. The smallest absolute Gasteiger partial charge is 0.257 e. The average molecular weight is 380 g/mol. The number of hydrogen-bond acceptors (Lipinski definition) is 3. The summed E-state index contributed by atoms with van der Waals surface area (Å²) in [6.07, 6.45) is 3.91. The molecule has 0 aliphatic heterocycles. The van der Waals surface area contributed by atoms with Crippen molar-refractivity contribution in [1.82, 2.24) is 4.98 Å². The molecule has 1 heterocycles. The van der Waals surface area contributed by atoms with E-state index < -0.39 is 0 Å². The van der Waals surface area contributed by atoms with Crippen LogP contribution >= 0.6 is 11.6 Å². The fraction of sp³-hybridized carbons (Fsp3) is 0.0952. The molecule has 0 fully saturated rings. The van der Waals surface area contributed by atoms with Crippen molar-refractivity contribution < 1.29 is 9.59 Å². The third-order valence-corrected chi connectivity index (χ3v) is 4.32. The third-order valence-electron chi connectivity index (χ3n) is 3.95. The van der Waals surface area contributed by atoms with E-state index >= 15 is 0 Å². The van der Waals surface area contributed by atoms with Gasteiger partial charge in [-0.05, 0) is 42.3 Å². The second kappa shape index (κ2) is 8.96. The molecule has 27 heavy (non-hydrogen) atoms. The number of nitrogens with one attached hydrogen (secondary N) is 2. The van der Waals surface area contributed by atoms with Crippen LogP contribution in [0.3, 0.4) is 0 Å². The Morgan fingerprint density at radius 3 is 2.30 bits per heavy atom. The number of rotatable bonds is 6. The van der Waals surface area contributed by atoms with Crippen molar-refractivity contribution in [3.8, 4) is 0 Å². The van der Waals surface area contributed by atoms with E-state index in [2.05, 4.69) is 15.6 Å². The van der Waals surface area contributed by atoms with Gasteiger partial charge in [0.2, 0.25) is 5.91 Å². The molecule has 0 aliphatic carbocycles. The molecule has 2 amide bonds. The molecule has 2 N–H and O–H groups in total. The number of nitrogens with zero attached hydrogens (tertiary/aromatic N) is 1. The lowest BCUT2D eigenvalue weighted by molar-refractivity contribution is -0.116. The van der Waals surface area contributed by atoms with Gasteiger partial charge in [-0.25, -0.2) is 0 Å². The van der Waals surface area contributed by atoms with Crippen LogP contribution in [0.5, 0.6) is 0 Å². The maximum atomic E-state index is 12.3. The van der Waals surface area contributed by atoms with Crippen LogP contribution in [0.4, 0.5) is 11.4 Å². The first kappa shape index (κ1) is 18.6. The van der Waals surface area contributed by atoms with Crippen molar-refractivity contribution in [3.63, 3.8) is 0 Å². The summed E-state index contributed by atoms with van der Waals surface area (Å²) in [5, 5.41) is 6.29. The van der Waals surface area contributed by atoms with E-state index in [0.29, 0.717) is 28.4 Å². The monoisotopic (exact) mass is 379 g/mol. The Hall–Kier alpha value is -3.18. The largest absolute Gasteiger partial charge is 0.324 e. The molecule has 5 nitrogen and oxygen atoms in total. The van der Waals surface area contributed by atoms with Crippen LogP contribution in [-0.4, -0.2) is 16.8 Å². The zero-order valence-corrected chi connectivity index (χ0v) is 15.2. The van der Waals surface area contributed by atoms with Crippen molar-refractivity contribution in [3.05, 3.63) is 89.2 Å². The molecule has 0 atom stereocenters. The summed E-state index contributed by atoms with van der Waals surface area (Å²) in [7, 11) is 0. The fourth-order valence-electron chi connectivity index (χ4n) is 2.55. The van der Waals surface area contributed by atoms with Crippen molar-refractivity contribution in [2.45, 2.75) is 12.8 Å². The number of amides is 2. The summed E-state index contributed by atoms with van der Waals surface area (Å²) < 4.78 is 0. The van der Waals surface area contributed by atoms with Gasteiger partial charge in [0, 0.05) is 23.8 Å². The highest BCUT2D eigenvalue weighted by Gasteiger charge is 2.11. The van der Waals surface area contributed by atoms with Gasteiger partial charge >= 0.3 is 0 Å². The minimum atomic E-state index is -0.291. The van der Waals surface area contributed by atoms with Crippen molar-refractivity contribution in [2.75, 3.05) is 10.6 Å². The number of carbonyl (C=O) groups is 2. The number of anilines is 2. The predicted molar refractivity (Wildman–Crippen MR) is 107 cm³/mol. The fourth-order valence-corrected chi connectivity index (χ4v) is 2.78. The number of carbonyl (C=O) groups excluding carboxylic acids is 2. The molecule has 0 aliphatic rings. The Morgan fingerprint density at radius 2 is 1.59 bits per heavy atom. The van der Waals surface area contributed by atoms with Crippen LogP contribution in [0.25, 0.3) is 0 Å². The topological polar surface area (TPSA) is 71.1 Å². The summed E-state index contributed by atoms with van der Waals surface area (Å²) in [5.41, 5.74) is 2.43. The molecule has 0 bridgehead atoms. The zero-order valence-electron chi connectivity index (χ0n) is 14.5. The standard InChI is InChI=1S/C21H18ClN3O2/c22-17-8-2-1-6-15(17)11-12-20(26)24-18-9-3-4-10-19(18)25-21(27)16-7-5-13-23-14-16/h1-10,13-14H,11-12H2,(H,24,26)(H,25,27). The highest BCUT2D eigenvalue weighted by molar-refractivity contribution is 6.31. The molecule has 2 aromatic carbocycles. The van der Waals surface area contributed by atoms with Crippen molar-refractivity contribution in [1.29, 1.82) is 0 Å². The third kappa shape index (κ3) is 5.15. The first-order valence-corrected chi connectivity index (χ1v) is 8.85. The van der Waals surface area contributed by atoms with Gasteiger partial charge in [0.25, 0.3) is 5.91 Å². The number of pyridine rings is 1. The summed E-state index contributed by atoms with van der Waals surface area (Å²) in [5.74, 6) is -0.445. The van der Waals surface area contributed by atoms with Crippen LogP contribution in [0.2, 0.25) is 5.02 Å². The first-order valence-electron chi connectivity index (χ1n) is 8.47. The molecule has 3 rings (SSSR count). The Kier molecular flexibility index (Phi) is 6.18. The zero-order chi connectivity index (χ0) is 19.1. The number of benzene rings is 2. The minimum absolute atomic E-state index is 0.155. The predicted octanol–water partition coefficient (Wildman–Crippen LogP) is 4.56. The molecule has 0 spiro atoms. The quantitative estimate of drug-likeness (QED) is 0.659. The number of hydrogen-bond donors (Lipinski definition) is 2. The molecular formula is C21H18ClN3O2. The highest BCUT2D eigenvalue weighted by Crippen LogP contribution is 2.22. The summed E-state index contributed by atoms with van der Waals surface area (Å²) in [6, 6.07) is 17.9. The number of halogens is 1. The molecule has 0 saturated carbocycles. The van der Waals surface area contributed by atoms with E-state index in [9.17, 15) is 9.59 Å². The van der Waals surface area contributed by atoms with Gasteiger partial charge < -0.3 is 10.6 Å². The van der Waals surface area contributed by atoms with Gasteiger partial charge in [0.1, 0.15) is 0 Å². The van der Waals surface area contributed by atoms with Gasteiger partial charge in [-0.2, -0.15) is 0 Å². The normalized spacial score (nSPS) is 10.3. The van der Waals surface area contributed by atoms with Crippen molar-refractivity contribution >= 4 is 34.8 Å². The first-order chi connectivity index (χ1) is 13.1. The van der Waals surface area contributed by atoms with Crippen LogP contribution in [0, 0.1) is 0 Å². The van der Waals surface area contributed by atoms with Crippen LogP contribution in [-0.2, 0) is 11.2 Å². The lowest BCUT2D eigenvalue weighted by Crippen LogP contribution is -2.17. The molecule has 0 saturated heterocycles. The summed E-state index contributed by atoms with van der Waals surface area (Å²) in [6.45, 7) is 0. The van der Waals surface area contributed by atoms with E-state index in [1.165, 1.54) is 6.20 Å². The lowest BCUT2D eigenvalue weighted by atomic mass is 10.1. The van der Waals surface area contributed by atoms with Gasteiger partial charge in [0.15, 0.2) is 0 Å². The minimum Gasteiger partial charge on any atom is -0.324 e. The van der Waals surface area contributed by atoms with E-state index in [4.69, 9.17) is 11.6 Å². The Labute approximate surface area is 162 Å². The Bertz CT molecular complexity index is 945. The van der Waals surface area contributed by atoms with E-state index in [1.807, 2.05) is 18.2 Å². The number of para-hydroxylation sites is 2. The molecular weight excluding hydrogens is 362 g/mol. The van der Waals surface area contributed by atoms with Gasteiger partial charge in [-0.15, -0.1) is 0 Å².